The molecule has 5 nitrogen and oxygen atoms in total. The van der Waals surface area contributed by atoms with E-state index in [4.69, 9.17) is 14.3 Å². The van der Waals surface area contributed by atoms with Crippen LogP contribution in [0.5, 0.6) is 0 Å². The van der Waals surface area contributed by atoms with Crippen LogP contribution >= 0.6 is 0 Å². The molecule has 94 valence electrons. The maximum Gasteiger partial charge on any atom is 0.371 e. The molecule has 1 aliphatic carbocycles. The Bertz CT molecular complexity index is 411. The van der Waals surface area contributed by atoms with Crippen molar-refractivity contribution in [2.45, 2.75) is 37.4 Å². The van der Waals surface area contributed by atoms with E-state index >= 15 is 0 Å². The minimum Gasteiger partial charge on any atom is -0.475 e. The van der Waals surface area contributed by atoms with Gasteiger partial charge in [-0.15, -0.1) is 0 Å². The molecule has 1 aromatic heterocycles. The van der Waals surface area contributed by atoms with E-state index in [1.807, 2.05) is 0 Å². The molecule has 2 rings (SSSR count). The number of carboxylic acids is 1. The second-order valence-electron chi connectivity index (χ2n) is 4.45. The summed E-state index contributed by atoms with van der Waals surface area (Å²) >= 11 is 0. The fraction of sp³-hybridized carbons (Fsp3) is 0.583. The van der Waals surface area contributed by atoms with Crippen molar-refractivity contribution in [3.63, 3.8) is 0 Å². The topological polar surface area (TPSA) is 79.9 Å². The lowest BCUT2D eigenvalue weighted by Gasteiger charge is -2.34. The zero-order chi connectivity index (χ0) is 12.5. The van der Waals surface area contributed by atoms with Crippen LogP contribution in [0.15, 0.2) is 16.5 Å². The second kappa shape index (κ2) is 4.50. The molecule has 1 fully saturated rings. The highest BCUT2D eigenvalue weighted by atomic mass is 16.5. The fourth-order valence-electron chi connectivity index (χ4n) is 2.33. The molecule has 0 aliphatic heterocycles. The van der Waals surface area contributed by atoms with Crippen molar-refractivity contribution in [3.05, 3.63) is 23.7 Å². The zero-order valence-corrected chi connectivity index (χ0v) is 9.68. The first-order valence-corrected chi connectivity index (χ1v) is 5.64. The second-order valence-corrected chi connectivity index (χ2v) is 4.45. The third-order valence-electron chi connectivity index (χ3n) is 3.29. The molecule has 0 saturated heterocycles. The Balaban J connectivity index is 2.21. The number of rotatable bonds is 3. The minimum absolute atomic E-state index is 0.00729. The van der Waals surface area contributed by atoms with Crippen molar-refractivity contribution in [1.82, 2.24) is 0 Å². The third-order valence-corrected chi connectivity index (χ3v) is 3.29. The number of aliphatic hydroxyl groups is 1. The smallest absolute Gasteiger partial charge is 0.371 e. The first kappa shape index (κ1) is 12.1. The highest BCUT2D eigenvalue weighted by Crippen LogP contribution is 2.38. The van der Waals surface area contributed by atoms with Crippen molar-refractivity contribution in [2.75, 3.05) is 7.11 Å². The summed E-state index contributed by atoms with van der Waals surface area (Å²) in [6, 6.07) is 2.90. The van der Waals surface area contributed by atoms with Gasteiger partial charge in [0.25, 0.3) is 0 Å². The van der Waals surface area contributed by atoms with E-state index in [0.29, 0.717) is 18.6 Å². The summed E-state index contributed by atoms with van der Waals surface area (Å²) < 4.78 is 10.4. The summed E-state index contributed by atoms with van der Waals surface area (Å²) in [6.07, 6.45) is 2.74. The molecule has 2 atom stereocenters. The van der Waals surface area contributed by atoms with E-state index in [9.17, 15) is 9.90 Å². The largest absolute Gasteiger partial charge is 0.475 e. The third kappa shape index (κ3) is 2.35. The van der Waals surface area contributed by atoms with Crippen molar-refractivity contribution in [1.29, 1.82) is 0 Å². The van der Waals surface area contributed by atoms with Crippen LogP contribution in [-0.2, 0) is 10.3 Å². The van der Waals surface area contributed by atoms with Gasteiger partial charge in [-0.2, -0.15) is 0 Å². The average molecular weight is 240 g/mol. The lowest BCUT2D eigenvalue weighted by Crippen LogP contribution is -2.35. The van der Waals surface area contributed by atoms with E-state index in [1.54, 1.807) is 7.11 Å². The summed E-state index contributed by atoms with van der Waals surface area (Å²) in [4.78, 5) is 10.7. The molecule has 1 heterocycles. The molecule has 0 aromatic carbocycles. The Kier molecular flexibility index (Phi) is 3.22. The number of ether oxygens (including phenoxy) is 1. The van der Waals surface area contributed by atoms with Gasteiger partial charge in [-0.3, -0.25) is 0 Å². The average Bonchev–Trinajstić information content (AvgIpc) is 2.79. The number of aromatic carboxylic acids is 1. The van der Waals surface area contributed by atoms with Gasteiger partial charge in [0.2, 0.25) is 5.76 Å². The van der Waals surface area contributed by atoms with Gasteiger partial charge in [-0.25, -0.2) is 4.79 Å². The van der Waals surface area contributed by atoms with E-state index < -0.39 is 11.6 Å². The molecular formula is C12H16O5. The number of carbonyl (C=O) groups is 1. The predicted molar refractivity (Wildman–Crippen MR) is 58.8 cm³/mol. The SMILES string of the molecule is COC1CCCC(O)(c2ccc(C(=O)O)o2)C1. The highest BCUT2D eigenvalue weighted by molar-refractivity contribution is 5.84. The summed E-state index contributed by atoms with van der Waals surface area (Å²) in [7, 11) is 1.61. The lowest BCUT2D eigenvalue weighted by molar-refractivity contribution is -0.0754. The molecule has 2 unspecified atom stereocenters. The molecule has 0 amide bonds. The van der Waals surface area contributed by atoms with Crippen molar-refractivity contribution < 1.29 is 24.2 Å². The van der Waals surface area contributed by atoms with Crippen molar-refractivity contribution in [2.24, 2.45) is 0 Å². The number of hydrogen-bond donors (Lipinski definition) is 2. The number of methoxy groups -OCH3 is 1. The fourth-order valence-corrected chi connectivity index (χ4v) is 2.33. The molecule has 5 heteroatoms. The van der Waals surface area contributed by atoms with Gasteiger partial charge < -0.3 is 19.4 Å². The maximum absolute atomic E-state index is 10.7. The number of furan rings is 1. The lowest BCUT2D eigenvalue weighted by atomic mass is 9.81. The molecule has 0 bridgehead atoms. The molecule has 1 saturated carbocycles. The molecule has 17 heavy (non-hydrogen) atoms. The number of hydrogen-bond acceptors (Lipinski definition) is 4. The van der Waals surface area contributed by atoms with Crippen LogP contribution in [0, 0.1) is 0 Å². The Morgan fingerprint density at radius 1 is 1.59 bits per heavy atom. The quantitative estimate of drug-likeness (QED) is 0.841. The van der Waals surface area contributed by atoms with Crippen LogP contribution in [0.4, 0.5) is 0 Å². The monoisotopic (exact) mass is 240 g/mol. The Morgan fingerprint density at radius 2 is 2.35 bits per heavy atom. The first-order chi connectivity index (χ1) is 8.05. The van der Waals surface area contributed by atoms with Crippen LogP contribution in [0.25, 0.3) is 0 Å². The van der Waals surface area contributed by atoms with Crippen molar-refractivity contribution in [3.8, 4) is 0 Å². The van der Waals surface area contributed by atoms with Gasteiger partial charge >= 0.3 is 5.97 Å². The minimum atomic E-state index is -1.13. The van der Waals surface area contributed by atoms with Gasteiger partial charge in [0.15, 0.2) is 0 Å². The zero-order valence-electron chi connectivity index (χ0n) is 9.68. The van der Waals surface area contributed by atoms with Gasteiger partial charge in [-0.05, 0) is 31.4 Å². The van der Waals surface area contributed by atoms with Gasteiger partial charge in [0, 0.05) is 13.5 Å². The molecule has 1 aromatic rings. The Hall–Kier alpha value is -1.33. The van der Waals surface area contributed by atoms with E-state index in [1.165, 1.54) is 12.1 Å². The normalized spacial score (nSPS) is 29.2. The summed E-state index contributed by atoms with van der Waals surface area (Å²) in [5.41, 5.74) is -1.10. The van der Waals surface area contributed by atoms with E-state index in [0.717, 1.165) is 12.8 Å². The maximum atomic E-state index is 10.7. The van der Waals surface area contributed by atoms with Crippen LogP contribution < -0.4 is 0 Å². The van der Waals surface area contributed by atoms with E-state index in [-0.39, 0.29) is 11.9 Å². The molecule has 0 spiro atoms. The predicted octanol–water partition coefficient (Wildman–Crippen LogP) is 1.75. The summed E-state index contributed by atoms with van der Waals surface area (Å²) in [6.45, 7) is 0. The first-order valence-electron chi connectivity index (χ1n) is 5.64. The van der Waals surface area contributed by atoms with Crippen LogP contribution in [-0.4, -0.2) is 29.4 Å². The van der Waals surface area contributed by atoms with Gasteiger partial charge in [0.1, 0.15) is 11.4 Å². The van der Waals surface area contributed by atoms with Crippen molar-refractivity contribution >= 4 is 5.97 Å². The van der Waals surface area contributed by atoms with Crippen LogP contribution in [0.1, 0.15) is 42.0 Å². The Morgan fingerprint density at radius 3 is 2.94 bits per heavy atom. The molecule has 1 aliphatic rings. The van der Waals surface area contributed by atoms with Crippen LogP contribution in [0.2, 0.25) is 0 Å². The summed E-state index contributed by atoms with van der Waals surface area (Å²) in [5.74, 6) is -0.955. The molecular weight excluding hydrogens is 224 g/mol. The van der Waals surface area contributed by atoms with Gasteiger partial charge in [-0.1, -0.05) is 0 Å². The molecule has 0 radical (unpaired) electrons. The van der Waals surface area contributed by atoms with Crippen LogP contribution in [0.3, 0.4) is 0 Å². The standard InChI is InChI=1S/C12H16O5/c1-16-8-3-2-6-12(15,7-8)10-5-4-9(17-10)11(13)14/h4-5,8,15H,2-3,6-7H2,1H3,(H,13,14). The Labute approximate surface area is 99.0 Å². The highest BCUT2D eigenvalue weighted by Gasteiger charge is 2.39. The number of carboxylic acid groups (broad SMARTS) is 1. The van der Waals surface area contributed by atoms with Gasteiger partial charge in [0.05, 0.1) is 6.10 Å². The molecule has 2 N–H and O–H groups in total. The van der Waals surface area contributed by atoms with E-state index in [2.05, 4.69) is 0 Å². The summed E-state index contributed by atoms with van der Waals surface area (Å²) in [5, 5.41) is 19.3.